The van der Waals surface area contributed by atoms with Crippen LogP contribution >= 0.6 is 0 Å². The lowest BCUT2D eigenvalue weighted by atomic mass is 9.80. The first-order valence-corrected chi connectivity index (χ1v) is 9.15. The Balaban J connectivity index is 1.97. The molecule has 7 nitrogen and oxygen atoms in total. The van der Waals surface area contributed by atoms with Gasteiger partial charge in [-0.25, -0.2) is 8.42 Å². The molecule has 2 saturated carbocycles. The molecule has 2 aliphatic carbocycles. The van der Waals surface area contributed by atoms with E-state index in [4.69, 9.17) is 4.74 Å². The van der Waals surface area contributed by atoms with Crippen molar-refractivity contribution in [1.29, 1.82) is 0 Å². The van der Waals surface area contributed by atoms with Crippen molar-refractivity contribution >= 4 is 22.1 Å². The average Bonchev–Trinajstić information content (AvgIpc) is 3.03. The second-order valence-corrected chi connectivity index (χ2v) is 8.27. The van der Waals surface area contributed by atoms with Crippen LogP contribution in [0, 0.1) is 23.7 Å². The first-order chi connectivity index (χ1) is 12.1. The van der Waals surface area contributed by atoms with Gasteiger partial charge in [-0.1, -0.05) is 0 Å². The van der Waals surface area contributed by atoms with E-state index in [2.05, 4.69) is 4.74 Å². The molecule has 0 aromatic heterocycles. The Morgan fingerprint density at radius 3 is 2.19 bits per heavy atom. The summed E-state index contributed by atoms with van der Waals surface area (Å²) in [6.45, 7) is 0. The summed E-state index contributed by atoms with van der Waals surface area (Å²) in [4.78, 5) is 24.0. The van der Waals surface area contributed by atoms with E-state index in [1.54, 1.807) is 0 Å². The van der Waals surface area contributed by atoms with Crippen molar-refractivity contribution < 1.29 is 58.4 Å². The summed E-state index contributed by atoms with van der Waals surface area (Å²) in [5.41, 5.74) is -5.53. The summed E-state index contributed by atoms with van der Waals surface area (Å²) >= 11 is 0. The van der Waals surface area contributed by atoms with Crippen LogP contribution in [0.5, 0.6) is 0 Å². The fourth-order valence-electron chi connectivity index (χ4n) is 4.28. The molecule has 0 spiro atoms. The SMILES string of the molecule is O=C(OC(CS(=O)(=O)[O-])(C(F)(F)F)C(F)(F)F)C1C2CC3OC(=O)C1C3C2. The third-order valence-electron chi connectivity index (χ3n) is 5.33. The van der Waals surface area contributed by atoms with E-state index in [0.29, 0.717) is 0 Å². The molecule has 3 fully saturated rings. The number of ether oxygens (including phenoxy) is 2. The number of carbonyl (C=O) groups is 2. The molecule has 3 aliphatic rings. The van der Waals surface area contributed by atoms with Gasteiger partial charge in [-0.15, -0.1) is 0 Å². The minimum Gasteiger partial charge on any atom is -0.748 e. The predicted molar refractivity (Wildman–Crippen MR) is 68.6 cm³/mol. The Hall–Kier alpha value is -1.57. The third-order valence-corrected chi connectivity index (χ3v) is 6.09. The first kappa shape index (κ1) is 20.2. The molecule has 0 N–H and O–H groups in total. The Labute approximate surface area is 147 Å². The smallest absolute Gasteiger partial charge is 0.438 e. The molecular formula is C13H11F6O7S-. The highest BCUT2D eigenvalue weighted by atomic mass is 32.2. The molecule has 3 rings (SSSR count). The van der Waals surface area contributed by atoms with E-state index in [0.717, 1.165) is 0 Å². The minimum atomic E-state index is -6.44. The topological polar surface area (TPSA) is 110 Å². The molecule has 1 aliphatic heterocycles. The maximum atomic E-state index is 13.2. The summed E-state index contributed by atoms with van der Waals surface area (Å²) in [5.74, 6) is -10.1. The van der Waals surface area contributed by atoms with Gasteiger partial charge in [-0.05, 0) is 18.8 Å². The number of alkyl halides is 6. The Morgan fingerprint density at radius 2 is 1.70 bits per heavy atom. The Kier molecular flexibility index (Phi) is 4.27. The van der Waals surface area contributed by atoms with Gasteiger partial charge >= 0.3 is 29.9 Å². The monoisotopic (exact) mass is 425 g/mol. The van der Waals surface area contributed by atoms with E-state index in [-0.39, 0.29) is 12.8 Å². The normalized spacial score (nSPS) is 33.3. The highest BCUT2D eigenvalue weighted by molar-refractivity contribution is 7.85. The molecule has 27 heavy (non-hydrogen) atoms. The van der Waals surface area contributed by atoms with Crippen molar-refractivity contribution in [2.75, 3.05) is 5.75 Å². The van der Waals surface area contributed by atoms with Crippen molar-refractivity contribution in [3.05, 3.63) is 0 Å². The molecular weight excluding hydrogens is 414 g/mol. The number of fused-ring (bicyclic) bond motifs is 1. The highest BCUT2D eigenvalue weighted by Crippen LogP contribution is 2.59. The standard InChI is InChI=1S/C13H12F6O7S/c14-12(15,16)11(13(17,18)19,3-27(22,23)24)26-10(21)7-4-1-5-6(2-4)25-9(20)8(5)7/h4-8H,1-3H2,(H,22,23,24)/p-1. The van der Waals surface area contributed by atoms with Gasteiger partial charge in [0.25, 0.3) is 0 Å². The second-order valence-electron chi connectivity index (χ2n) is 6.87. The number of esters is 2. The summed E-state index contributed by atoms with van der Waals surface area (Å²) in [6, 6.07) is 0. The quantitative estimate of drug-likeness (QED) is 0.377. The molecule has 0 radical (unpaired) electrons. The number of rotatable bonds is 4. The number of hydrogen-bond donors (Lipinski definition) is 0. The van der Waals surface area contributed by atoms with Crippen LogP contribution in [0.25, 0.3) is 0 Å². The second kappa shape index (κ2) is 5.72. The fraction of sp³-hybridized carbons (Fsp3) is 0.846. The lowest BCUT2D eigenvalue weighted by Crippen LogP contribution is -2.64. The molecule has 14 heteroatoms. The summed E-state index contributed by atoms with van der Waals surface area (Å²) in [6.07, 6.45) is -13.2. The summed E-state index contributed by atoms with van der Waals surface area (Å²) < 4.78 is 120. The molecule has 154 valence electrons. The minimum absolute atomic E-state index is 0.0809. The van der Waals surface area contributed by atoms with Gasteiger partial charge in [-0.2, -0.15) is 26.3 Å². The average molecular weight is 425 g/mol. The molecule has 0 amide bonds. The highest BCUT2D eigenvalue weighted by Gasteiger charge is 2.76. The largest absolute Gasteiger partial charge is 0.748 e. The van der Waals surface area contributed by atoms with Gasteiger partial charge in [-0.3, -0.25) is 9.59 Å². The van der Waals surface area contributed by atoms with Crippen LogP contribution in [0.15, 0.2) is 0 Å². The van der Waals surface area contributed by atoms with Crippen molar-refractivity contribution in [3.8, 4) is 0 Å². The number of hydrogen-bond acceptors (Lipinski definition) is 7. The molecule has 5 unspecified atom stereocenters. The molecule has 0 aromatic carbocycles. The predicted octanol–water partition coefficient (Wildman–Crippen LogP) is 1.14. The van der Waals surface area contributed by atoms with Gasteiger partial charge in [0.05, 0.1) is 27.7 Å². The van der Waals surface area contributed by atoms with Crippen LogP contribution in [0.4, 0.5) is 26.3 Å². The molecule has 1 saturated heterocycles. The first-order valence-electron chi connectivity index (χ1n) is 7.58. The number of halogens is 6. The zero-order chi connectivity index (χ0) is 20.6. The fourth-order valence-corrected chi connectivity index (χ4v) is 5.17. The van der Waals surface area contributed by atoms with Gasteiger partial charge in [0, 0.05) is 5.92 Å². The van der Waals surface area contributed by atoms with Crippen LogP contribution in [0.3, 0.4) is 0 Å². The van der Waals surface area contributed by atoms with Crippen LogP contribution in [-0.4, -0.2) is 54.7 Å². The zero-order valence-corrected chi connectivity index (χ0v) is 13.9. The Morgan fingerprint density at radius 1 is 1.15 bits per heavy atom. The van der Waals surface area contributed by atoms with Crippen molar-refractivity contribution in [2.24, 2.45) is 23.7 Å². The van der Waals surface area contributed by atoms with E-state index < -0.39 is 75.5 Å². The maximum Gasteiger partial charge on any atom is 0.438 e. The van der Waals surface area contributed by atoms with Crippen molar-refractivity contribution in [2.45, 2.75) is 36.9 Å². The van der Waals surface area contributed by atoms with Gasteiger partial charge in [0.1, 0.15) is 6.10 Å². The van der Waals surface area contributed by atoms with Gasteiger partial charge in [0.15, 0.2) is 0 Å². The van der Waals surface area contributed by atoms with Crippen LogP contribution in [-0.2, 0) is 29.2 Å². The van der Waals surface area contributed by atoms with Gasteiger partial charge in [0.2, 0.25) is 0 Å². The lowest BCUT2D eigenvalue weighted by molar-refractivity contribution is -0.362. The third kappa shape index (κ3) is 3.05. The molecule has 1 heterocycles. The van der Waals surface area contributed by atoms with Crippen LogP contribution < -0.4 is 0 Å². The van der Waals surface area contributed by atoms with Gasteiger partial charge < -0.3 is 14.0 Å². The number of carbonyl (C=O) groups excluding carboxylic acids is 2. The van der Waals surface area contributed by atoms with Crippen molar-refractivity contribution in [3.63, 3.8) is 0 Å². The zero-order valence-electron chi connectivity index (χ0n) is 13.0. The van der Waals surface area contributed by atoms with Crippen LogP contribution in [0.1, 0.15) is 12.8 Å². The molecule has 0 aromatic rings. The molecule has 2 bridgehead atoms. The van der Waals surface area contributed by atoms with Crippen molar-refractivity contribution in [1.82, 2.24) is 0 Å². The van der Waals surface area contributed by atoms with E-state index in [9.17, 15) is 48.9 Å². The van der Waals surface area contributed by atoms with E-state index in [1.165, 1.54) is 0 Å². The summed E-state index contributed by atoms with van der Waals surface area (Å²) in [5, 5.41) is 0. The Bertz CT molecular complexity index is 757. The molecule has 5 atom stereocenters. The van der Waals surface area contributed by atoms with Crippen LogP contribution in [0.2, 0.25) is 0 Å². The van der Waals surface area contributed by atoms with E-state index in [1.807, 2.05) is 0 Å². The maximum absolute atomic E-state index is 13.2. The van der Waals surface area contributed by atoms with E-state index >= 15 is 0 Å². The summed E-state index contributed by atoms with van der Waals surface area (Å²) in [7, 11) is -6.11. The lowest BCUT2D eigenvalue weighted by Gasteiger charge is -2.38.